The molecule has 23 heavy (non-hydrogen) atoms. The van der Waals surface area contributed by atoms with Crippen LogP contribution >= 0.6 is 11.8 Å². The van der Waals surface area contributed by atoms with Crippen LogP contribution in [0.1, 0.15) is 6.92 Å². The summed E-state index contributed by atoms with van der Waals surface area (Å²) in [5.74, 6) is -0.559. The van der Waals surface area contributed by atoms with Crippen LogP contribution in [0.5, 0.6) is 0 Å². The van der Waals surface area contributed by atoms with E-state index in [0.29, 0.717) is 16.8 Å². The number of aryl methyl sites for hydroxylation is 1. The molecule has 0 bridgehead atoms. The largest absolute Gasteiger partial charge is 0.419 e. The molecule has 2 aromatic heterocycles. The molecular weight excluding hydrogens is 314 g/mol. The summed E-state index contributed by atoms with van der Waals surface area (Å²) in [7, 11) is 1.62. The first-order chi connectivity index (χ1) is 11.0. The minimum Gasteiger partial charge on any atom is -0.408 e. The summed E-state index contributed by atoms with van der Waals surface area (Å²) >= 11 is 1.38. The molecule has 0 aliphatic heterocycles. The fourth-order valence-electron chi connectivity index (χ4n) is 2.10. The molecular formula is C16H15N3O3S. The molecule has 1 amide bonds. The van der Waals surface area contributed by atoms with E-state index in [1.54, 1.807) is 31.4 Å². The summed E-state index contributed by atoms with van der Waals surface area (Å²) in [5.41, 5.74) is 1.75. The van der Waals surface area contributed by atoms with E-state index in [-0.39, 0.29) is 11.2 Å². The van der Waals surface area contributed by atoms with E-state index in [9.17, 15) is 9.59 Å². The Labute approximate surface area is 136 Å². The van der Waals surface area contributed by atoms with E-state index in [4.69, 9.17) is 4.42 Å². The lowest BCUT2D eigenvalue weighted by atomic mass is 10.2. The predicted octanol–water partition coefficient (Wildman–Crippen LogP) is 2.65. The number of hydrogen-bond donors (Lipinski definition) is 1. The quantitative estimate of drug-likeness (QED) is 0.745. The van der Waals surface area contributed by atoms with Gasteiger partial charge in [0.05, 0.1) is 15.8 Å². The SMILES string of the molecule is C[C@@H](Sc1ccccn1)C(=O)Nc1ccc2oc(=O)n(C)c2c1. The van der Waals surface area contributed by atoms with Crippen molar-refractivity contribution in [3.63, 3.8) is 0 Å². The lowest BCUT2D eigenvalue weighted by Crippen LogP contribution is -2.22. The van der Waals surface area contributed by atoms with Crippen LogP contribution in [-0.2, 0) is 11.8 Å². The Morgan fingerprint density at radius 1 is 1.35 bits per heavy atom. The number of nitrogens with zero attached hydrogens (tertiary/aromatic N) is 2. The Hall–Kier alpha value is -2.54. The second kappa shape index (κ2) is 6.29. The molecule has 2 heterocycles. The van der Waals surface area contributed by atoms with Gasteiger partial charge in [-0.2, -0.15) is 0 Å². The Balaban J connectivity index is 1.74. The molecule has 0 fully saturated rings. The van der Waals surface area contributed by atoms with Gasteiger partial charge in [-0.1, -0.05) is 17.8 Å². The number of thioether (sulfide) groups is 1. The third kappa shape index (κ3) is 3.29. The minimum absolute atomic E-state index is 0.131. The number of oxazole rings is 1. The molecule has 6 nitrogen and oxygen atoms in total. The summed E-state index contributed by atoms with van der Waals surface area (Å²) < 4.78 is 6.47. The molecule has 3 rings (SSSR count). The van der Waals surface area contributed by atoms with E-state index >= 15 is 0 Å². The number of fused-ring (bicyclic) bond motifs is 1. The maximum absolute atomic E-state index is 12.3. The molecule has 1 aromatic carbocycles. The van der Waals surface area contributed by atoms with Crippen molar-refractivity contribution in [3.8, 4) is 0 Å². The van der Waals surface area contributed by atoms with E-state index in [2.05, 4.69) is 10.3 Å². The Kier molecular flexibility index (Phi) is 4.20. The van der Waals surface area contributed by atoms with E-state index in [1.165, 1.54) is 16.3 Å². The lowest BCUT2D eigenvalue weighted by molar-refractivity contribution is -0.115. The molecule has 0 aliphatic rings. The van der Waals surface area contributed by atoms with Gasteiger partial charge in [0.25, 0.3) is 0 Å². The zero-order valence-corrected chi connectivity index (χ0v) is 13.5. The number of carbonyl (C=O) groups excluding carboxylic acids is 1. The van der Waals surface area contributed by atoms with Crippen LogP contribution in [0.4, 0.5) is 5.69 Å². The van der Waals surface area contributed by atoms with Crippen molar-refractivity contribution < 1.29 is 9.21 Å². The molecule has 0 radical (unpaired) electrons. The summed E-state index contributed by atoms with van der Waals surface area (Å²) in [5, 5.41) is 3.34. The number of pyridine rings is 1. The van der Waals surface area contributed by atoms with Crippen molar-refractivity contribution in [3.05, 3.63) is 53.1 Å². The molecule has 0 unspecified atom stereocenters. The summed E-state index contributed by atoms with van der Waals surface area (Å²) in [6.07, 6.45) is 1.69. The van der Waals surface area contributed by atoms with Crippen molar-refractivity contribution in [2.24, 2.45) is 7.05 Å². The molecule has 0 aliphatic carbocycles. The highest BCUT2D eigenvalue weighted by atomic mass is 32.2. The minimum atomic E-state index is -0.428. The monoisotopic (exact) mass is 329 g/mol. The van der Waals surface area contributed by atoms with E-state index < -0.39 is 5.76 Å². The van der Waals surface area contributed by atoms with Crippen molar-refractivity contribution in [1.82, 2.24) is 9.55 Å². The molecule has 7 heteroatoms. The third-order valence-electron chi connectivity index (χ3n) is 3.36. The normalized spacial score (nSPS) is 12.3. The fraction of sp³-hybridized carbons (Fsp3) is 0.188. The lowest BCUT2D eigenvalue weighted by Gasteiger charge is -2.11. The Bertz CT molecular complexity index is 902. The van der Waals surface area contributed by atoms with Crippen LogP contribution in [0.15, 0.2) is 56.8 Å². The highest BCUT2D eigenvalue weighted by molar-refractivity contribution is 8.00. The van der Waals surface area contributed by atoms with Crippen molar-refractivity contribution in [2.45, 2.75) is 17.2 Å². The van der Waals surface area contributed by atoms with Crippen LogP contribution in [-0.4, -0.2) is 20.7 Å². The van der Waals surface area contributed by atoms with Gasteiger partial charge in [-0.05, 0) is 37.3 Å². The van der Waals surface area contributed by atoms with Crippen LogP contribution in [0.2, 0.25) is 0 Å². The van der Waals surface area contributed by atoms with Crippen LogP contribution in [0, 0.1) is 0 Å². The number of amides is 1. The summed E-state index contributed by atoms with van der Waals surface area (Å²) in [4.78, 5) is 28.0. The van der Waals surface area contributed by atoms with Gasteiger partial charge in [-0.3, -0.25) is 9.36 Å². The number of benzene rings is 1. The first-order valence-electron chi connectivity index (χ1n) is 7.03. The summed E-state index contributed by atoms with van der Waals surface area (Å²) in [6.45, 7) is 1.82. The van der Waals surface area contributed by atoms with Crippen molar-refractivity contribution >= 4 is 34.5 Å². The summed E-state index contributed by atoms with van der Waals surface area (Å²) in [6, 6.07) is 10.7. The van der Waals surface area contributed by atoms with Gasteiger partial charge < -0.3 is 9.73 Å². The average molecular weight is 329 g/mol. The highest BCUT2D eigenvalue weighted by Gasteiger charge is 2.16. The zero-order chi connectivity index (χ0) is 16.4. The van der Waals surface area contributed by atoms with Crippen molar-refractivity contribution in [2.75, 3.05) is 5.32 Å². The van der Waals surface area contributed by atoms with Crippen LogP contribution in [0.25, 0.3) is 11.1 Å². The second-order valence-electron chi connectivity index (χ2n) is 5.03. The predicted molar refractivity (Wildman–Crippen MR) is 89.6 cm³/mol. The smallest absolute Gasteiger partial charge is 0.408 e. The number of rotatable bonds is 4. The Morgan fingerprint density at radius 3 is 2.91 bits per heavy atom. The first kappa shape index (κ1) is 15.4. The zero-order valence-electron chi connectivity index (χ0n) is 12.6. The number of anilines is 1. The maximum Gasteiger partial charge on any atom is 0.419 e. The standard InChI is InChI=1S/C16H15N3O3S/c1-10(23-14-5-3-4-8-17-14)15(20)18-11-6-7-13-12(9-11)19(2)16(21)22-13/h3-10H,1-2H3,(H,18,20)/t10-/m1/s1. The number of hydrogen-bond acceptors (Lipinski definition) is 5. The molecule has 1 N–H and O–H groups in total. The van der Waals surface area contributed by atoms with Gasteiger partial charge in [0.1, 0.15) is 0 Å². The van der Waals surface area contributed by atoms with Crippen molar-refractivity contribution in [1.29, 1.82) is 0 Å². The molecule has 118 valence electrons. The molecule has 3 aromatic rings. The number of carbonyl (C=O) groups is 1. The first-order valence-corrected chi connectivity index (χ1v) is 7.90. The van der Waals surface area contributed by atoms with Gasteiger partial charge in [0.2, 0.25) is 5.91 Å². The van der Waals surface area contributed by atoms with Gasteiger partial charge in [-0.15, -0.1) is 0 Å². The highest BCUT2D eigenvalue weighted by Crippen LogP contribution is 2.23. The number of nitrogens with one attached hydrogen (secondary N) is 1. The molecule has 0 saturated carbocycles. The molecule has 0 saturated heterocycles. The van der Waals surface area contributed by atoms with Gasteiger partial charge in [-0.25, -0.2) is 9.78 Å². The Morgan fingerprint density at radius 2 is 2.17 bits per heavy atom. The second-order valence-corrected chi connectivity index (χ2v) is 6.39. The average Bonchev–Trinajstić information content (AvgIpc) is 2.83. The van der Waals surface area contributed by atoms with Crippen LogP contribution in [0.3, 0.4) is 0 Å². The maximum atomic E-state index is 12.3. The topological polar surface area (TPSA) is 77.1 Å². The van der Waals surface area contributed by atoms with Gasteiger partial charge in [0, 0.05) is 18.9 Å². The fourth-order valence-corrected chi connectivity index (χ4v) is 2.91. The molecule has 0 spiro atoms. The van der Waals surface area contributed by atoms with Gasteiger partial charge in [0.15, 0.2) is 5.58 Å². The number of aromatic nitrogens is 2. The molecule has 1 atom stereocenters. The van der Waals surface area contributed by atoms with E-state index in [0.717, 1.165) is 5.03 Å². The third-order valence-corrected chi connectivity index (χ3v) is 4.41. The van der Waals surface area contributed by atoms with E-state index in [1.807, 2.05) is 25.1 Å². The van der Waals surface area contributed by atoms with Crippen LogP contribution < -0.4 is 11.1 Å². The van der Waals surface area contributed by atoms with Gasteiger partial charge >= 0.3 is 5.76 Å².